The van der Waals surface area contributed by atoms with Gasteiger partial charge in [-0.15, -0.1) is 0 Å². The first-order valence-electron chi connectivity index (χ1n) is 4.02. The monoisotopic (exact) mass is 142 g/mol. The minimum atomic E-state index is -0.272. The van der Waals surface area contributed by atoms with Crippen LogP contribution in [-0.4, -0.2) is 11.2 Å². The summed E-state index contributed by atoms with van der Waals surface area (Å²) in [4.78, 5) is 0. The Morgan fingerprint density at radius 2 is 2.10 bits per heavy atom. The van der Waals surface area contributed by atoms with Crippen LogP contribution in [0.1, 0.15) is 39.5 Å². The molecule has 0 saturated heterocycles. The molecule has 0 spiro atoms. The van der Waals surface area contributed by atoms with Crippen LogP contribution in [-0.2, 0) is 0 Å². The Morgan fingerprint density at radius 3 is 2.50 bits per heavy atom. The Balaban J connectivity index is 3.21. The maximum atomic E-state index is 9.25. The van der Waals surface area contributed by atoms with Gasteiger partial charge in [0.2, 0.25) is 0 Å². The predicted molar refractivity (Wildman–Crippen MR) is 45.0 cm³/mol. The number of aliphatic hydroxyl groups is 1. The smallest absolute Gasteiger partial charge is 0.0744 e. The van der Waals surface area contributed by atoms with Crippen molar-refractivity contribution in [1.82, 2.24) is 0 Å². The van der Waals surface area contributed by atoms with E-state index in [2.05, 4.69) is 13.5 Å². The summed E-state index contributed by atoms with van der Waals surface area (Å²) in [5.41, 5.74) is 0.885. The fourth-order valence-corrected chi connectivity index (χ4v) is 0.834. The molecule has 0 radical (unpaired) electrons. The highest BCUT2D eigenvalue weighted by atomic mass is 16.3. The maximum absolute atomic E-state index is 9.25. The van der Waals surface area contributed by atoms with Crippen LogP contribution in [0.2, 0.25) is 0 Å². The molecule has 0 aliphatic carbocycles. The molecule has 1 unspecified atom stereocenters. The first-order chi connectivity index (χ1) is 4.68. The van der Waals surface area contributed by atoms with Crippen molar-refractivity contribution in [2.75, 3.05) is 0 Å². The van der Waals surface area contributed by atoms with Crippen LogP contribution in [0.25, 0.3) is 0 Å². The van der Waals surface area contributed by atoms with Gasteiger partial charge in [-0.25, -0.2) is 0 Å². The van der Waals surface area contributed by atoms with E-state index in [-0.39, 0.29) is 6.10 Å². The van der Waals surface area contributed by atoms with E-state index in [1.165, 1.54) is 12.8 Å². The van der Waals surface area contributed by atoms with E-state index in [1.807, 2.05) is 6.92 Å². The topological polar surface area (TPSA) is 20.2 Å². The minimum absolute atomic E-state index is 0.272. The summed E-state index contributed by atoms with van der Waals surface area (Å²) in [7, 11) is 0. The van der Waals surface area contributed by atoms with Gasteiger partial charge >= 0.3 is 0 Å². The van der Waals surface area contributed by atoms with Crippen LogP contribution in [0.4, 0.5) is 0 Å². The van der Waals surface area contributed by atoms with Crippen molar-refractivity contribution in [1.29, 1.82) is 0 Å². The molecule has 10 heavy (non-hydrogen) atoms. The van der Waals surface area contributed by atoms with Gasteiger partial charge in [-0.05, 0) is 13.3 Å². The highest BCUT2D eigenvalue weighted by Gasteiger charge is 2.01. The Morgan fingerprint density at radius 1 is 1.50 bits per heavy atom. The van der Waals surface area contributed by atoms with E-state index in [0.29, 0.717) is 0 Å². The zero-order valence-electron chi connectivity index (χ0n) is 7.06. The zero-order chi connectivity index (χ0) is 7.98. The van der Waals surface area contributed by atoms with Crippen molar-refractivity contribution in [2.24, 2.45) is 0 Å². The average Bonchev–Trinajstić information content (AvgIpc) is 1.88. The highest BCUT2D eigenvalue weighted by molar-refractivity contribution is 4.96. The molecule has 60 valence electrons. The standard InChI is InChI=1S/C9H18O/c1-4-5-6-7-9(10)8(2)3/h9-10H,2,4-7H2,1,3H3. The number of aliphatic hydroxyl groups excluding tert-OH is 1. The van der Waals surface area contributed by atoms with Gasteiger partial charge in [0.1, 0.15) is 0 Å². The second-order valence-electron chi connectivity index (χ2n) is 2.86. The van der Waals surface area contributed by atoms with Crippen molar-refractivity contribution in [3.63, 3.8) is 0 Å². The molecule has 0 bridgehead atoms. The third-order valence-corrected chi connectivity index (χ3v) is 1.65. The summed E-state index contributed by atoms with van der Waals surface area (Å²) in [6, 6.07) is 0. The molecule has 0 aliphatic heterocycles. The molecular formula is C9H18O. The summed E-state index contributed by atoms with van der Waals surface area (Å²) in [6.07, 6.45) is 4.15. The average molecular weight is 142 g/mol. The van der Waals surface area contributed by atoms with Gasteiger partial charge in [-0.3, -0.25) is 0 Å². The number of hydrogen-bond acceptors (Lipinski definition) is 1. The summed E-state index contributed by atoms with van der Waals surface area (Å²) < 4.78 is 0. The van der Waals surface area contributed by atoms with E-state index in [1.54, 1.807) is 0 Å². The fourth-order valence-electron chi connectivity index (χ4n) is 0.834. The van der Waals surface area contributed by atoms with E-state index < -0.39 is 0 Å². The normalized spacial score (nSPS) is 13.1. The molecule has 0 heterocycles. The van der Waals surface area contributed by atoms with Gasteiger partial charge in [0.15, 0.2) is 0 Å². The molecule has 0 aromatic carbocycles. The van der Waals surface area contributed by atoms with Crippen LogP contribution in [0.15, 0.2) is 12.2 Å². The fraction of sp³-hybridized carbons (Fsp3) is 0.778. The number of hydrogen-bond donors (Lipinski definition) is 1. The van der Waals surface area contributed by atoms with Gasteiger partial charge in [0, 0.05) is 0 Å². The summed E-state index contributed by atoms with van der Waals surface area (Å²) in [5.74, 6) is 0. The van der Waals surface area contributed by atoms with Gasteiger partial charge in [-0.2, -0.15) is 0 Å². The lowest BCUT2D eigenvalue weighted by atomic mass is 10.1. The number of rotatable bonds is 5. The molecule has 0 amide bonds. The summed E-state index contributed by atoms with van der Waals surface area (Å²) in [6.45, 7) is 7.72. The van der Waals surface area contributed by atoms with Crippen LogP contribution >= 0.6 is 0 Å². The maximum Gasteiger partial charge on any atom is 0.0744 e. The lowest BCUT2D eigenvalue weighted by molar-refractivity contribution is 0.196. The predicted octanol–water partition coefficient (Wildman–Crippen LogP) is 2.50. The number of unbranched alkanes of at least 4 members (excludes halogenated alkanes) is 2. The van der Waals surface area contributed by atoms with Crippen LogP contribution in [0.3, 0.4) is 0 Å². The van der Waals surface area contributed by atoms with E-state index in [4.69, 9.17) is 0 Å². The molecule has 1 N–H and O–H groups in total. The molecule has 0 aromatic rings. The second kappa shape index (κ2) is 5.48. The third kappa shape index (κ3) is 4.57. The molecule has 1 atom stereocenters. The zero-order valence-corrected chi connectivity index (χ0v) is 7.06. The molecule has 0 aromatic heterocycles. The van der Waals surface area contributed by atoms with Crippen molar-refractivity contribution in [3.8, 4) is 0 Å². The third-order valence-electron chi connectivity index (χ3n) is 1.65. The van der Waals surface area contributed by atoms with Crippen molar-refractivity contribution >= 4 is 0 Å². The highest BCUT2D eigenvalue weighted by Crippen LogP contribution is 2.08. The molecule has 1 nitrogen and oxygen atoms in total. The van der Waals surface area contributed by atoms with Crippen molar-refractivity contribution in [2.45, 2.75) is 45.6 Å². The molecule has 0 aliphatic rings. The van der Waals surface area contributed by atoms with E-state index >= 15 is 0 Å². The molecule has 0 fully saturated rings. The second-order valence-corrected chi connectivity index (χ2v) is 2.86. The summed E-state index contributed by atoms with van der Waals surface area (Å²) in [5, 5.41) is 9.25. The van der Waals surface area contributed by atoms with E-state index in [0.717, 1.165) is 18.4 Å². The lowest BCUT2D eigenvalue weighted by Gasteiger charge is -2.08. The van der Waals surface area contributed by atoms with Gasteiger partial charge in [-0.1, -0.05) is 38.3 Å². The largest absolute Gasteiger partial charge is 0.389 e. The van der Waals surface area contributed by atoms with E-state index in [9.17, 15) is 5.11 Å². The van der Waals surface area contributed by atoms with Crippen LogP contribution in [0, 0.1) is 0 Å². The Hall–Kier alpha value is -0.300. The van der Waals surface area contributed by atoms with Crippen molar-refractivity contribution < 1.29 is 5.11 Å². The van der Waals surface area contributed by atoms with Crippen molar-refractivity contribution in [3.05, 3.63) is 12.2 Å². The van der Waals surface area contributed by atoms with Crippen LogP contribution in [0.5, 0.6) is 0 Å². The molecular weight excluding hydrogens is 124 g/mol. The lowest BCUT2D eigenvalue weighted by Crippen LogP contribution is -2.06. The Labute approximate surface area is 63.8 Å². The first kappa shape index (κ1) is 9.70. The quantitative estimate of drug-likeness (QED) is 0.462. The van der Waals surface area contributed by atoms with Gasteiger partial charge < -0.3 is 5.11 Å². The Bertz CT molecular complexity index is 96.9. The molecule has 0 saturated carbocycles. The molecule has 0 rings (SSSR count). The SMILES string of the molecule is C=C(C)C(O)CCCCC. The van der Waals surface area contributed by atoms with Crippen LogP contribution < -0.4 is 0 Å². The summed E-state index contributed by atoms with van der Waals surface area (Å²) >= 11 is 0. The van der Waals surface area contributed by atoms with Gasteiger partial charge in [0.25, 0.3) is 0 Å². The first-order valence-corrected chi connectivity index (χ1v) is 4.02. The Kier molecular flexibility index (Phi) is 5.32. The van der Waals surface area contributed by atoms with Gasteiger partial charge in [0.05, 0.1) is 6.10 Å². The minimum Gasteiger partial charge on any atom is -0.389 e. The molecule has 1 heteroatoms.